The summed E-state index contributed by atoms with van der Waals surface area (Å²) in [6.45, 7) is 1.26. The summed E-state index contributed by atoms with van der Waals surface area (Å²) in [6, 6.07) is 5.61. The predicted molar refractivity (Wildman–Crippen MR) is 104 cm³/mol. The van der Waals surface area contributed by atoms with E-state index in [1.165, 1.54) is 10.4 Å². The maximum atomic E-state index is 12.5. The van der Waals surface area contributed by atoms with E-state index in [2.05, 4.69) is 14.9 Å². The summed E-state index contributed by atoms with van der Waals surface area (Å²) in [6.07, 6.45) is 3.21. The molecule has 0 radical (unpaired) electrons. The number of H-pyrrole nitrogens is 1. The second-order valence-electron chi connectivity index (χ2n) is 6.47. The van der Waals surface area contributed by atoms with Crippen molar-refractivity contribution in [3.63, 3.8) is 0 Å². The van der Waals surface area contributed by atoms with Gasteiger partial charge in [0.2, 0.25) is 0 Å². The van der Waals surface area contributed by atoms with Crippen LogP contribution in [0.3, 0.4) is 0 Å². The molecule has 130 valence electrons. The first kappa shape index (κ1) is 17.0. The molecular formula is C18H17Cl2N3OS. The van der Waals surface area contributed by atoms with Crippen LogP contribution in [-0.4, -0.2) is 21.9 Å². The lowest BCUT2D eigenvalue weighted by Crippen LogP contribution is -2.21. The molecule has 1 N–H and O–H groups in total. The molecule has 0 saturated carbocycles. The third-order valence-electron chi connectivity index (χ3n) is 4.48. The molecule has 1 aliphatic carbocycles. The number of thiophene rings is 1. The van der Waals surface area contributed by atoms with Crippen molar-refractivity contribution in [3.05, 3.63) is 60.4 Å². The van der Waals surface area contributed by atoms with Crippen LogP contribution < -0.4 is 5.56 Å². The lowest BCUT2D eigenvalue weighted by Gasteiger charge is -2.16. The van der Waals surface area contributed by atoms with Crippen molar-refractivity contribution >= 4 is 44.8 Å². The molecule has 3 aromatic rings. The summed E-state index contributed by atoms with van der Waals surface area (Å²) in [5.41, 5.74) is 2.27. The molecular weight excluding hydrogens is 377 g/mol. The molecule has 1 aliphatic rings. The minimum absolute atomic E-state index is 0.0117. The van der Waals surface area contributed by atoms with E-state index < -0.39 is 0 Å². The fraction of sp³-hybridized carbons (Fsp3) is 0.333. The van der Waals surface area contributed by atoms with E-state index in [-0.39, 0.29) is 5.56 Å². The highest BCUT2D eigenvalue weighted by atomic mass is 35.5. The number of halogens is 2. The van der Waals surface area contributed by atoms with Crippen molar-refractivity contribution in [2.75, 3.05) is 7.05 Å². The Hall–Kier alpha value is -1.40. The molecule has 0 aliphatic heterocycles. The van der Waals surface area contributed by atoms with Gasteiger partial charge in [-0.1, -0.05) is 29.3 Å². The van der Waals surface area contributed by atoms with Gasteiger partial charge < -0.3 is 4.98 Å². The quantitative estimate of drug-likeness (QED) is 0.713. The first-order valence-corrected chi connectivity index (χ1v) is 9.74. The summed E-state index contributed by atoms with van der Waals surface area (Å²) in [7, 11) is 1.99. The van der Waals surface area contributed by atoms with Gasteiger partial charge in [-0.3, -0.25) is 9.69 Å². The fourth-order valence-electron chi connectivity index (χ4n) is 3.38. The summed E-state index contributed by atoms with van der Waals surface area (Å²) in [5, 5.41) is 1.90. The summed E-state index contributed by atoms with van der Waals surface area (Å²) < 4.78 is 0. The minimum atomic E-state index is -0.0117. The largest absolute Gasteiger partial charge is 0.309 e. The smallest absolute Gasteiger partial charge is 0.259 e. The molecule has 0 unspecified atom stereocenters. The lowest BCUT2D eigenvalue weighted by molar-refractivity contribution is 0.311. The number of rotatable bonds is 4. The Morgan fingerprint density at radius 3 is 2.88 bits per heavy atom. The number of aromatic amines is 1. The molecule has 0 bridgehead atoms. The number of benzene rings is 1. The van der Waals surface area contributed by atoms with E-state index in [0.717, 1.165) is 35.0 Å². The van der Waals surface area contributed by atoms with Crippen molar-refractivity contribution in [1.29, 1.82) is 0 Å². The summed E-state index contributed by atoms with van der Waals surface area (Å²) >= 11 is 13.7. The Bertz CT molecular complexity index is 1010. The van der Waals surface area contributed by atoms with Gasteiger partial charge in [-0.25, -0.2) is 4.98 Å². The topological polar surface area (TPSA) is 49.0 Å². The van der Waals surface area contributed by atoms with Crippen molar-refractivity contribution in [2.24, 2.45) is 0 Å². The molecule has 25 heavy (non-hydrogen) atoms. The second kappa shape index (κ2) is 6.72. The molecule has 0 atom stereocenters. The normalized spacial score (nSPS) is 13.8. The first-order valence-electron chi connectivity index (χ1n) is 8.17. The molecule has 2 heterocycles. The number of fused-ring (bicyclic) bond motifs is 3. The Balaban J connectivity index is 1.56. The van der Waals surface area contributed by atoms with Gasteiger partial charge in [-0.05, 0) is 49.6 Å². The monoisotopic (exact) mass is 393 g/mol. The van der Waals surface area contributed by atoms with Gasteiger partial charge in [0, 0.05) is 11.4 Å². The van der Waals surface area contributed by atoms with Gasteiger partial charge in [0.25, 0.3) is 5.56 Å². The first-order chi connectivity index (χ1) is 12.0. The third kappa shape index (κ3) is 3.34. The van der Waals surface area contributed by atoms with Crippen molar-refractivity contribution in [3.8, 4) is 0 Å². The maximum Gasteiger partial charge on any atom is 0.259 e. The standard InChI is InChI=1S/C18H17Cl2N3OS/c1-23(8-10-5-6-12(19)13(20)7-10)9-15-21-17(24)16-11-3-2-4-14(11)25-18(16)22-15/h5-7H,2-4,8-9H2,1H3,(H,21,22,24). The van der Waals surface area contributed by atoms with Gasteiger partial charge in [-0.15, -0.1) is 11.3 Å². The zero-order chi connectivity index (χ0) is 17.6. The molecule has 0 amide bonds. The van der Waals surface area contributed by atoms with Crippen LogP contribution >= 0.6 is 34.5 Å². The van der Waals surface area contributed by atoms with Crippen LogP contribution in [0.5, 0.6) is 0 Å². The zero-order valence-electron chi connectivity index (χ0n) is 13.7. The number of aromatic nitrogens is 2. The van der Waals surface area contributed by atoms with Crippen LogP contribution in [0.15, 0.2) is 23.0 Å². The number of nitrogens with one attached hydrogen (secondary N) is 1. The Kier molecular flexibility index (Phi) is 4.58. The van der Waals surface area contributed by atoms with Gasteiger partial charge in [0.05, 0.1) is 22.0 Å². The number of hydrogen-bond acceptors (Lipinski definition) is 4. The van der Waals surface area contributed by atoms with Crippen LogP contribution in [0.1, 0.15) is 28.2 Å². The number of hydrogen-bond donors (Lipinski definition) is 1. The summed E-state index contributed by atoms with van der Waals surface area (Å²) in [5.74, 6) is 0.694. The predicted octanol–water partition coefficient (Wildman–Crippen LogP) is 4.41. The Labute approximate surface area is 159 Å². The molecule has 4 rings (SSSR count). The zero-order valence-corrected chi connectivity index (χ0v) is 16.1. The van der Waals surface area contributed by atoms with E-state index >= 15 is 0 Å². The van der Waals surface area contributed by atoms with Gasteiger partial charge in [0.1, 0.15) is 10.7 Å². The van der Waals surface area contributed by atoms with E-state index in [1.807, 2.05) is 19.2 Å². The fourth-order valence-corrected chi connectivity index (χ4v) is 4.98. The molecule has 7 heteroatoms. The van der Waals surface area contributed by atoms with Crippen molar-refractivity contribution in [1.82, 2.24) is 14.9 Å². The van der Waals surface area contributed by atoms with Crippen LogP contribution in [-0.2, 0) is 25.9 Å². The van der Waals surface area contributed by atoms with Crippen LogP contribution in [0, 0.1) is 0 Å². The number of aryl methyl sites for hydroxylation is 2. The number of nitrogens with zero attached hydrogens (tertiary/aromatic N) is 2. The minimum Gasteiger partial charge on any atom is -0.309 e. The molecule has 2 aromatic heterocycles. The molecule has 1 aromatic carbocycles. The SMILES string of the molecule is CN(Cc1ccc(Cl)c(Cl)c1)Cc1nc2sc3c(c2c(=O)[nH]1)CCC3. The van der Waals surface area contributed by atoms with Gasteiger partial charge in [0.15, 0.2) is 0 Å². The van der Waals surface area contributed by atoms with E-state index in [4.69, 9.17) is 23.2 Å². The average molecular weight is 394 g/mol. The lowest BCUT2D eigenvalue weighted by atomic mass is 10.2. The average Bonchev–Trinajstić information content (AvgIpc) is 3.11. The second-order valence-corrected chi connectivity index (χ2v) is 8.37. The van der Waals surface area contributed by atoms with E-state index in [9.17, 15) is 4.79 Å². The highest BCUT2D eigenvalue weighted by Gasteiger charge is 2.21. The molecule has 4 nitrogen and oxygen atoms in total. The van der Waals surface area contributed by atoms with Crippen molar-refractivity contribution in [2.45, 2.75) is 32.4 Å². The Morgan fingerprint density at radius 2 is 2.08 bits per heavy atom. The maximum absolute atomic E-state index is 12.5. The molecule has 0 spiro atoms. The Morgan fingerprint density at radius 1 is 1.24 bits per heavy atom. The highest BCUT2D eigenvalue weighted by Crippen LogP contribution is 2.34. The summed E-state index contributed by atoms with van der Waals surface area (Å²) in [4.78, 5) is 24.4. The van der Waals surface area contributed by atoms with Crippen molar-refractivity contribution < 1.29 is 0 Å². The molecule has 0 saturated heterocycles. The van der Waals surface area contributed by atoms with E-state index in [1.54, 1.807) is 17.4 Å². The van der Waals surface area contributed by atoms with Gasteiger partial charge >= 0.3 is 0 Å². The highest BCUT2D eigenvalue weighted by molar-refractivity contribution is 7.18. The van der Waals surface area contributed by atoms with Crippen LogP contribution in [0.25, 0.3) is 10.2 Å². The third-order valence-corrected chi connectivity index (χ3v) is 6.41. The molecule has 0 fully saturated rings. The van der Waals surface area contributed by atoms with Crippen LogP contribution in [0.2, 0.25) is 10.0 Å². The van der Waals surface area contributed by atoms with Crippen LogP contribution in [0.4, 0.5) is 0 Å². The van der Waals surface area contributed by atoms with Gasteiger partial charge in [-0.2, -0.15) is 0 Å². The van der Waals surface area contributed by atoms with E-state index in [0.29, 0.717) is 29.0 Å².